The maximum absolute atomic E-state index is 13.5. The number of cyclic esters (lactones) is 1. The molecule has 1 saturated heterocycles. The Balaban J connectivity index is 1.48. The van der Waals surface area contributed by atoms with Gasteiger partial charge >= 0.3 is 11.9 Å². The number of rotatable bonds is 8. The third-order valence-corrected chi connectivity index (χ3v) is 9.90. The van der Waals surface area contributed by atoms with Crippen molar-refractivity contribution in [1.29, 1.82) is 0 Å². The van der Waals surface area contributed by atoms with Crippen molar-refractivity contribution < 1.29 is 38.4 Å². The monoisotopic (exact) mass is 641 g/mol. The fourth-order valence-corrected chi connectivity index (χ4v) is 7.12. The molecule has 45 heavy (non-hydrogen) atoms. The Bertz CT molecular complexity index is 1410. The fourth-order valence-electron chi connectivity index (χ4n) is 6.86. The Morgan fingerprint density at radius 1 is 1.24 bits per heavy atom. The second-order valence-electron chi connectivity index (χ2n) is 12.5. The van der Waals surface area contributed by atoms with Crippen LogP contribution in [0.15, 0.2) is 60.9 Å². The summed E-state index contributed by atoms with van der Waals surface area (Å²) in [7, 11) is 1.49. The number of esters is 2. The van der Waals surface area contributed by atoms with E-state index in [1.54, 1.807) is 48.5 Å². The molecule has 4 heterocycles. The van der Waals surface area contributed by atoms with Crippen LogP contribution in [0.2, 0.25) is 0 Å². The van der Waals surface area contributed by atoms with Gasteiger partial charge in [0.2, 0.25) is 0 Å². The minimum atomic E-state index is -0.859. The van der Waals surface area contributed by atoms with Crippen LogP contribution < -0.4 is 0 Å². The van der Waals surface area contributed by atoms with Crippen molar-refractivity contribution in [3.63, 3.8) is 0 Å². The van der Waals surface area contributed by atoms with Crippen molar-refractivity contribution in [2.24, 2.45) is 23.7 Å². The molecule has 2 bridgehead atoms. The van der Waals surface area contributed by atoms with E-state index in [2.05, 4.69) is 28.2 Å². The lowest BCUT2D eigenvalue weighted by Gasteiger charge is -2.42. The van der Waals surface area contributed by atoms with Crippen LogP contribution in [0.1, 0.15) is 57.9 Å². The number of nitrogens with zero attached hydrogens (tertiary/aromatic N) is 2. The van der Waals surface area contributed by atoms with E-state index in [0.29, 0.717) is 18.5 Å². The van der Waals surface area contributed by atoms with E-state index < -0.39 is 60.1 Å². The van der Waals surface area contributed by atoms with Gasteiger partial charge in [-0.3, -0.25) is 4.57 Å². The highest BCUT2D eigenvalue weighted by Crippen LogP contribution is 2.53. The molecule has 5 rings (SSSR count). The predicted octanol–water partition coefficient (Wildman–Crippen LogP) is 4.23. The molecule has 2 N–H and O–H groups in total. The topological polar surface area (TPSA) is 134 Å². The van der Waals surface area contributed by atoms with Gasteiger partial charge in [0.05, 0.1) is 11.7 Å². The molecule has 11 atom stereocenters. The Morgan fingerprint density at radius 2 is 2.02 bits per heavy atom. The first kappa shape index (κ1) is 33.1. The van der Waals surface area contributed by atoms with Gasteiger partial charge in [-0.05, 0) is 63.5 Å². The molecule has 244 valence electrons. The third kappa shape index (κ3) is 6.65. The van der Waals surface area contributed by atoms with Gasteiger partial charge in [-0.1, -0.05) is 32.1 Å². The molecule has 0 unspecified atom stereocenters. The summed E-state index contributed by atoms with van der Waals surface area (Å²) in [6, 6.07) is 3.38. The highest BCUT2D eigenvalue weighted by molar-refractivity contribution is 7.80. The number of hydrogen-bond donors (Lipinski definition) is 2. The predicted molar refractivity (Wildman–Crippen MR) is 168 cm³/mol. The zero-order chi connectivity index (χ0) is 32.5. The molecule has 2 aromatic heterocycles. The Kier molecular flexibility index (Phi) is 9.97. The molecular formula is C33H43N3O8S. The van der Waals surface area contributed by atoms with Crippen LogP contribution in [-0.4, -0.2) is 86.1 Å². The molecule has 0 radical (unpaired) electrons. The number of H-pyrrole nitrogens is 1. The number of aromatic nitrogens is 3. The van der Waals surface area contributed by atoms with E-state index in [9.17, 15) is 14.7 Å². The van der Waals surface area contributed by atoms with Gasteiger partial charge in [-0.2, -0.15) is 0 Å². The highest BCUT2D eigenvalue weighted by Gasteiger charge is 2.57. The first-order valence-corrected chi connectivity index (χ1v) is 15.9. The van der Waals surface area contributed by atoms with Crippen LogP contribution in [-0.2, 0) is 28.5 Å². The van der Waals surface area contributed by atoms with E-state index in [4.69, 9.17) is 35.9 Å². The summed E-state index contributed by atoms with van der Waals surface area (Å²) in [4.78, 5) is 33.6. The molecular weight excluding hydrogens is 598 g/mol. The molecule has 0 aromatic carbocycles. The molecule has 2 aliphatic heterocycles. The molecule has 11 nitrogen and oxygen atoms in total. The molecule has 3 aliphatic rings. The zero-order valence-electron chi connectivity index (χ0n) is 26.5. The van der Waals surface area contributed by atoms with Crippen molar-refractivity contribution in [2.45, 2.75) is 89.7 Å². The number of carbonyl (C=O) groups excluding carboxylic acids is 2. The number of imidazole rings is 1. The van der Waals surface area contributed by atoms with E-state index in [0.717, 1.165) is 5.57 Å². The summed E-state index contributed by atoms with van der Waals surface area (Å²) in [6.45, 7) is 9.36. The van der Waals surface area contributed by atoms with Crippen molar-refractivity contribution in [1.82, 2.24) is 14.5 Å². The second-order valence-corrected chi connectivity index (χ2v) is 12.9. The number of aliphatic hydroxyl groups excluding tert-OH is 1. The lowest BCUT2D eigenvalue weighted by atomic mass is 9.69. The van der Waals surface area contributed by atoms with E-state index in [-0.39, 0.29) is 22.9 Å². The van der Waals surface area contributed by atoms with Gasteiger partial charge in [0.25, 0.3) is 5.17 Å². The zero-order valence-corrected chi connectivity index (χ0v) is 27.3. The van der Waals surface area contributed by atoms with Gasteiger partial charge in [0, 0.05) is 49.4 Å². The number of hydrogen-bond acceptors (Lipinski definition) is 10. The Morgan fingerprint density at radius 3 is 2.67 bits per heavy atom. The van der Waals surface area contributed by atoms with E-state index in [1.165, 1.54) is 7.11 Å². The van der Waals surface area contributed by atoms with Crippen LogP contribution >= 0.6 is 12.2 Å². The summed E-state index contributed by atoms with van der Waals surface area (Å²) in [5.41, 5.74) is 0.492. The Labute approximate surface area is 268 Å². The first-order chi connectivity index (χ1) is 21.4. The largest absolute Gasteiger partial charge is 0.463 e. The number of carbonyl (C=O) groups is 2. The maximum atomic E-state index is 13.5. The van der Waals surface area contributed by atoms with Gasteiger partial charge in [0.1, 0.15) is 36.4 Å². The fraction of sp³-hybridized carbons (Fsp3) is 0.576. The van der Waals surface area contributed by atoms with Gasteiger partial charge < -0.3 is 33.8 Å². The standard InChI is InChI=1S/C33H43N3O8S/c1-18-14-19(2)33-16-23(29(44-33)28(20(3)21(4)37)43-30(38)25-8-7-11-35-25)9-10-24(33)15-26(40-6)31(39)42-27(18)22(5)41-32(45)36-13-12-34-17-36/h7-14,17-18,20-24,26-29,35,37H,15-16H2,1-6H3/b19-14+/t18-,20-,21+,22-,23-,24-,26+,27+,28-,29-,33+/m1/s1. The van der Waals surface area contributed by atoms with Crippen molar-refractivity contribution >= 4 is 29.3 Å². The second kappa shape index (κ2) is 13.6. The SMILES string of the molecule is CO[C@H]1C[C@H]2C=C[C@@H]3C[C@]2(O[C@H]3[C@H](OC(=O)c2ccc[nH]2)[C@H](C)[C@H](C)O)/C(C)=C/[C@@H](C)[C@@H]([C@@H](C)OC(=S)n2ccnc2)OC1=O. The minimum absolute atomic E-state index is 0.0935. The number of ether oxygens (including phenoxy) is 5. The average molecular weight is 642 g/mol. The van der Waals surface area contributed by atoms with Crippen LogP contribution in [0, 0.1) is 23.7 Å². The maximum Gasteiger partial charge on any atom is 0.355 e. The number of thiocarbonyl (C=S) groups is 1. The summed E-state index contributed by atoms with van der Waals surface area (Å²) in [6.07, 6.45) is 9.52. The third-order valence-electron chi connectivity index (χ3n) is 9.59. The molecule has 12 heteroatoms. The van der Waals surface area contributed by atoms with Crippen molar-refractivity contribution in [3.05, 3.63) is 66.5 Å². The van der Waals surface area contributed by atoms with Crippen LogP contribution in [0.25, 0.3) is 0 Å². The lowest BCUT2D eigenvalue weighted by molar-refractivity contribution is -0.171. The van der Waals surface area contributed by atoms with Gasteiger partial charge in [-0.25, -0.2) is 14.6 Å². The van der Waals surface area contributed by atoms with Gasteiger partial charge in [0.15, 0.2) is 6.10 Å². The van der Waals surface area contributed by atoms with Crippen molar-refractivity contribution in [2.75, 3.05) is 7.11 Å². The van der Waals surface area contributed by atoms with Crippen molar-refractivity contribution in [3.8, 4) is 0 Å². The van der Waals surface area contributed by atoms with Crippen LogP contribution in [0.4, 0.5) is 0 Å². The molecule has 0 amide bonds. The summed E-state index contributed by atoms with van der Waals surface area (Å²) in [5, 5.41) is 10.8. The van der Waals surface area contributed by atoms with E-state index in [1.807, 2.05) is 27.7 Å². The Hall–Kier alpha value is -3.32. The van der Waals surface area contributed by atoms with Gasteiger partial charge in [-0.15, -0.1) is 0 Å². The summed E-state index contributed by atoms with van der Waals surface area (Å²) in [5.74, 6) is -2.02. The number of nitrogens with one attached hydrogen (secondary N) is 1. The quantitative estimate of drug-likeness (QED) is 0.245. The average Bonchev–Trinajstić information content (AvgIpc) is 3.79. The van der Waals surface area contributed by atoms with E-state index >= 15 is 0 Å². The first-order valence-electron chi connectivity index (χ1n) is 15.4. The molecule has 2 aromatic rings. The van der Waals surface area contributed by atoms with Crippen LogP contribution in [0.3, 0.4) is 0 Å². The lowest BCUT2D eigenvalue weighted by Crippen LogP contribution is -2.48. The summed E-state index contributed by atoms with van der Waals surface area (Å²) >= 11 is 5.45. The number of fused-ring (bicyclic) bond motifs is 1. The normalized spacial score (nSPS) is 33.5. The minimum Gasteiger partial charge on any atom is -0.463 e. The molecule has 0 saturated carbocycles. The molecule has 1 fully saturated rings. The molecule has 1 aliphatic carbocycles. The summed E-state index contributed by atoms with van der Waals surface area (Å²) < 4.78 is 32.5. The number of methoxy groups -OCH3 is 1. The smallest absolute Gasteiger partial charge is 0.355 e. The number of aromatic amines is 1. The number of aliphatic hydroxyl groups is 1. The highest BCUT2D eigenvalue weighted by atomic mass is 32.1. The molecule has 1 spiro atoms. The van der Waals surface area contributed by atoms with Crippen LogP contribution in [0.5, 0.6) is 0 Å².